The summed E-state index contributed by atoms with van der Waals surface area (Å²) in [6.45, 7) is 13.5. The molecular formula is C50H52Cl2N10O3. The highest BCUT2D eigenvalue weighted by atomic mass is 35.5. The molecule has 0 saturated carbocycles. The molecule has 0 bridgehead atoms. The van der Waals surface area contributed by atoms with Gasteiger partial charge in [0, 0.05) is 83.8 Å². The van der Waals surface area contributed by atoms with Crippen LogP contribution in [0, 0.1) is 34.6 Å². The molecule has 9 rings (SSSR count). The van der Waals surface area contributed by atoms with Crippen LogP contribution in [0.5, 0.6) is 5.75 Å². The number of ether oxygens (including phenoxy) is 1. The highest BCUT2D eigenvalue weighted by Crippen LogP contribution is 2.46. The molecule has 15 heteroatoms. The minimum absolute atomic E-state index is 0.0695. The van der Waals surface area contributed by atoms with Gasteiger partial charge in [0.15, 0.2) is 5.82 Å². The van der Waals surface area contributed by atoms with Gasteiger partial charge in [0.25, 0.3) is 5.91 Å². The number of nitrogens with zero attached hydrogens (tertiary/aromatic N) is 10. The number of anilines is 1. The van der Waals surface area contributed by atoms with E-state index in [1.165, 1.54) is 0 Å². The van der Waals surface area contributed by atoms with Crippen LogP contribution < -0.4 is 9.64 Å². The van der Waals surface area contributed by atoms with Crippen LogP contribution in [0.15, 0.2) is 73.2 Å². The zero-order valence-electron chi connectivity index (χ0n) is 38.2. The minimum Gasteiger partial charge on any atom is -0.494 e. The number of pyridine rings is 1. The van der Waals surface area contributed by atoms with Crippen molar-refractivity contribution in [1.29, 1.82) is 0 Å². The van der Waals surface area contributed by atoms with Crippen LogP contribution in [0.1, 0.15) is 69.3 Å². The first kappa shape index (κ1) is 43.8. The lowest BCUT2D eigenvalue weighted by Crippen LogP contribution is -2.42. The first-order chi connectivity index (χ1) is 31.1. The summed E-state index contributed by atoms with van der Waals surface area (Å²) >= 11 is 13.7. The average molecular weight is 912 g/mol. The van der Waals surface area contributed by atoms with E-state index in [2.05, 4.69) is 21.5 Å². The Labute approximate surface area is 388 Å². The van der Waals surface area contributed by atoms with Gasteiger partial charge in [0.2, 0.25) is 5.91 Å². The van der Waals surface area contributed by atoms with E-state index < -0.39 is 0 Å². The molecule has 1 aliphatic heterocycles. The second-order valence-electron chi connectivity index (χ2n) is 17.5. The smallest absolute Gasteiger partial charge is 0.275 e. The summed E-state index contributed by atoms with van der Waals surface area (Å²) in [5, 5.41) is 12.7. The van der Waals surface area contributed by atoms with Gasteiger partial charge in [-0.15, -0.1) is 0 Å². The van der Waals surface area contributed by atoms with Crippen molar-refractivity contribution in [3.05, 3.63) is 128 Å². The van der Waals surface area contributed by atoms with Gasteiger partial charge < -0.3 is 23.7 Å². The summed E-state index contributed by atoms with van der Waals surface area (Å²) < 4.78 is 14.1. The zero-order valence-corrected chi connectivity index (χ0v) is 39.7. The molecule has 0 radical (unpaired) electrons. The van der Waals surface area contributed by atoms with Gasteiger partial charge in [0.1, 0.15) is 24.3 Å². The topological polar surface area (TPSA) is 121 Å². The molecule has 6 heterocycles. The van der Waals surface area contributed by atoms with Gasteiger partial charge in [-0.2, -0.15) is 10.2 Å². The van der Waals surface area contributed by atoms with Crippen molar-refractivity contribution in [2.45, 2.75) is 73.5 Å². The van der Waals surface area contributed by atoms with Gasteiger partial charge in [0.05, 0.1) is 46.3 Å². The van der Waals surface area contributed by atoms with Crippen molar-refractivity contribution in [1.82, 2.24) is 43.6 Å². The van der Waals surface area contributed by atoms with Crippen LogP contribution in [0.3, 0.4) is 0 Å². The van der Waals surface area contributed by atoms with E-state index in [9.17, 15) is 4.79 Å². The quantitative estimate of drug-likeness (QED) is 0.112. The third-order valence-electron chi connectivity index (χ3n) is 12.6. The molecular weight excluding hydrogens is 860 g/mol. The molecule has 1 aliphatic rings. The molecule has 8 aromatic rings. The molecule has 0 fully saturated rings. The third kappa shape index (κ3) is 7.94. The Kier molecular flexibility index (Phi) is 11.6. The number of likely N-dealkylation sites (N-methyl/N-ethyl adjacent to an activating group) is 1. The fraction of sp³-hybridized carbons (Fsp3) is 0.320. The van der Waals surface area contributed by atoms with Crippen LogP contribution in [0.25, 0.3) is 44.3 Å². The molecule has 0 saturated heterocycles. The number of carbonyl (C=O) groups is 2. The van der Waals surface area contributed by atoms with E-state index in [-0.39, 0.29) is 24.4 Å². The Morgan fingerprint density at radius 2 is 1.71 bits per heavy atom. The van der Waals surface area contributed by atoms with Gasteiger partial charge in [-0.3, -0.25) is 19.3 Å². The molecule has 0 spiro atoms. The number of amides is 2. The Balaban J connectivity index is 1.16. The molecule has 2 amide bonds. The Hall–Kier alpha value is -6.44. The van der Waals surface area contributed by atoms with E-state index in [1.807, 2.05) is 123 Å². The molecule has 3 aromatic carbocycles. The summed E-state index contributed by atoms with van der Waals surface area (Å²) in [5.41, 5.74) is 12.1. The van der Waals surface area contributed by atoms with Crippen LogP contribution in [0.2, 0.25) is 10.0 Å². The lowest BCUT2D eigenvalue weighted by atomic mass is 9.98. The number of halogens is 2. The average Bonchev–Trinajstić information content (AvgIpc) is 4.02. The number of rotatable bonds is 12. The number of hydrogen-bond donors (Lipinski definition) is 0. The molecule has 0 aliphatic carbocycles. The van der Waals surface area contributed by atoms with Crippen molar-refractivity contribution < 1.29 is 14.3 Å². The highest BCUT2D eigenvalue weighted by Gasteiger charge is 2.38. The summed E-state index contributed by atoms with van der Waals surface area (Å²) in [5.74, 6) is 1.09. The normalized spacial score (nSPS) is 13.9. The summed E-state index contributed by atoms with van der Waals surface area (Å²) in [4.78, 5) is 41.7. The lowest BCUT2D eigenvalue weighted by molar-refractivity contribution is -0.129. The predicted octanol–water partition coefficient (Wildman–Crippen LogP) is 9.87. The van der Waals surface area contributed by atoms with Crippen molar-refractivity contribution in [3.63, 3.8) is 0 Å². The second-order valence-corrected chi connectivity index (χ2v) is 18.3. The van der Waals surface area contributed by atoms with Crippen LogP contribution in [0.4, 0.5) is 5.69 Å². The Morgan fingerprint density at radius 3 is 2.42 bits per heavy atom. The van der Waals surface area contributed by atoms with Gasteiger partial charge >= 0.3 is 0 Å². The molecule has 13 nitrogen and oxygen atoms in total. The third-order valence-corrected chi connectivity index (χ3v) is 13.5. The van der Waals surface area contributed by atoms with Crippen molar-refractivity contribution in [2.24, 2.45) is 7.05 Å². The number of carbonyl (C=O) groups excluding carboxylic acids is 2. The second kappa shape index (κ2) is 17.2. The maximum Gasteiger partial charge on any atom is 0.275 e. The standard InChI is InChI=1S/C50H52Cl2N10O3/c1-28-20-36(21-29(2)46(28)52)65-19-11-14-37-38-16-17-40(51)45(44-32(5)55-58(9)33(44)6)47(38)62-31(4)23-61(50(64)48(37)62)42-25-59(26-43(63)57(7)8)41-18-15-34(22-39(41)42)49-53-27-60(56-49)24-35-13-10-12-30(3)54-35/h10,12-13,15-18,20-22,25,27,31H,11,14,19,23-24,26H2,1-9H3/t31-/m1/s1. The molecule has 0 N–H and O–H groups in total. The number of aryl methyl sites for hydroxylation is 6. The van der Waals surface area contributed by atoms with Crippen LogP contribution in [-0.2, 0) is 31.4 Å². The highest BCUT2D eigenvalue weighted by molar-refractivity contribution is 6.35. The minimum atomic E-state index is -0.178. The van der Waals surface area contributed by atoms with Gasteiger partial charge in [-0.1, -0.05) is 35.3 Å². The molecule has 0 unspecified atom stereocenters. The number of hydrogen-bond acceptors (Lipinski definition) is 7. The number of aromatic nitrogens is 8. The predicted molar refractivity (Wildman–Crippen MR) is 257 cm³/mol. The molecule has 65 heavy (non-hydrogen) atoms. The maximum absolute atomic E-state index is 15.6. The number of fused-ring (bicyclic) bond motifs is 4. The number of benzene rings is 3. The van der Waals surface area contributed by atoms with Crippen molar-refractivity contribution in [3.8, 4) is 28.3 Å². The largest absolute Gasteiger partial charge is 0.494 e. The van der Waals surface area contributed by atoms with E-state index in [0.717, 1.165) is 88.7 Å². The Morgan fingerprint density at radius 1 is 0.938 bits per heavy atom. The van der Waals surface area contributed by atoms with Gasteiger partial charge in [-0.05, 0) is 120 Å². The summed E-state index contributed by atoms with van der Waals surface area (Å²) in [7, 11) is 5.43. The fourth-order valence-corrected chi connectivity index (χ4v) is 9.70. The summed E-state index contributed by atoms with van der Waals surface area (Å²) in [6, 6.07) is 19.6. The molecule has 334 valence electrons. The molecule has 1 atom stereocenters. The van der Waals surface area contributed by atoms with E-state index in [1.54, 1.807) is 30.0 Å². The SMILES string of the molecule is Cc1cccc(Cn2cnc(-c3ccc4c(c3)c(N3C[C@@H](C)n5c(c(CCCOc6cc(C)c(Cl)c(C)c6)c6ccc(Cl)c(-c7c(C)nn(C)c7C)c65)C3=O)cn4CC(=O)N(C)C)n2)n1. The van der Waals surface area contributed by atoms with Gasteiger partial charge in [-0.25, -0.2) is 9.67 Å². The van der Waals surface area contributed by atoms with E-state index in [4.69, 9.17) is 38.1 Å². The van der Waals surface area contributed by atoms with Crippen LogP contribution in [-0.4, -0.2) is 82.6 Å². The maximum atomic E-state index is 15.6. The summed E-state index contributed by atoms with van der Waals surface area (Å²) in [6.07, 6.45) is 4.85. The lowest BCUT2D eigenvalue weighted by Gasteiger charge is -2.34. The fourth-order valence-electron chi connectivity index (χ4n) is 9.34. The Bertz CT molecular complexity index is 3170. The van der Waals surface area contributed by atoms with E-state index >= 15 is 4.79 Å². The first-order valence-corrected chi connectivity index (χ1v) is 22.6. The molecule has 5 aromatic heterocycles. The van der Waals surface area contributed by atoms with E-state index in [0.29, 0.717) is 54.8 Å². The van der Waals surface area contributed by atoms with Crippen molar-refractivity contribution in [2.75, 3.05) is 32.1 Å². The van der Waals surface area contributed by atoms with Crippen LogP contribution >= 0.6 is 23.2 Å². The first-order valence-electron chi connectivity index (χ1n) is 21.8. The van der Waals surface area contributed by atoms with Crippen molar-refractivity contribution >= 4 is 62.5 Å². The monoisotopic (exact) mass is 910 g/mol. The zero-order chi connectivity index (χ0) is 46.0.